The highest BCUT2D eigenvalue weighted by Gasteiger charge is 2.58. The van der Waals surface area contributed by atoms with Crippen molar-refractivity contribution in [1.29, 1.82) is 0 Å². The van der Waals surface area contributed by atoms with Gasteiger partial charge in [-0.1, -0.05) is 140 Å². The van der Waals surface area contributed by atoms with Crippen molar-refractivity contribution in [3.05, 3.63) is 48.6 Å². The lowest BCUT2D eigenvalue weighted by Gasteiger charge is -2.30. The molecule has 2 aliphatic heterocycles. The summed E-state index contributed by atoms with van der Waals surface area (Å²) in [5, 5.41) is 0. The third-order valence-electron chi connectivity index (χ3n) is 9.92. The molecule has 2 saturated heterocycles. The van der Waals surface area contributed by atoms with Crippen LogP contribution in [0.15, 0.2) is 48.6 Å². The van der Waals surface area contributed by atoms with Crippen molar-refractivity contribution in [3.8, 4) is 0 Å². The predicted octanol–water partition coefficient (Wildman–Crippen LogP) is 12.4. The van der Waals surface area contributed by atoms with Gasteiger partial charge >= 0.3 is 5.97 Å². The minimum Gasteiger partial charge on any atom is -0.456 e. The Labute approximate surface area is 303 Å². The molecule has 0 bridgehead atoms. The first-order valence-electron chi connectivity index (χ1n) is 20.8. The highest BCUT2D eigenvalue weighted by molar-refractivity contribution is 5.78. The highest BCUT2D eigenvalue weighted by Crippen LogP contribution is 2.42. The normalized spacial score (nSPS) is 20.7. The van der Waals surface area contributed by atoms with Gasteiger partial charge in [0.25, 0.3) is 0 Å². The molecular weight excluding hydrogens is 606 g/mol. The topological polar surface area (TPSA) is 48.0 Å². The van der Waals surface area contributed by atoms with Crippen molar-refractivity contribution in [2.24, 2.45) is 0 Å². The van der Waals surface area contributed by atoms with Crippen molar-refractivity contribution in [2.45, 2.75) is 205 Å². The third kappa shape index (κ3) is 20.7. The molecule has 1 unspecified atom stereocenters. The Morgan fingerprint density at radius 2 is 0.959 bits per heavy atom. The Morgan fingerprint density at radius 1 is 0.551 bits per heavy atom. The molecule has 0 aromatic heterocycles. The number of carbonyl (C=O) groups excluding carboxylic acids is 1. The Hall–Kier alpha value is -1.69. The molecule has 282 valence electrons. The van der Waals surface area contributed by atoms with Gasteiger partial charge in [-0.3, -0.25) is 0 Å². The quantitative estimate of drug-likeness (QED) is 0.0401. The molecule has 3 atom stereocenters. The average Bonchev–Trinajstić information content (AvgIpc) is 3.59. The van der Waals surface area contributed by atoms with Crippen LogP contribution in [0.2, 0.25) is 0 Å². The molecule has 0 amide bonds. The van der Waals surface area contributed by atoms with Crippen LogP contribution < -0.4 is 0 Å². The smallest absolute Gasteiger partial charge is 0.338 e. The van der Waals surface area contributed by atoms with E-state index >= 15 is 0 Å². The van der Waals surface area contributed by atoms with Crippen LogP contribution in [0.1, 0.15) is 181 Å². The van der Waals surface area contributed by atoms with Crippen LogP contribution in [0.5, 0.6) is 0 Å². The van der Waals surface area contributed by atoms with Crippen molar-refractivity contribution in [1.82, 2.24) is 4.90 Å². The van der Waals surface area contributed by atoms with Gasteiger partial charge in [-0.25, -0.2) is 4.79 Å². The number of nitrogens with zero attached hydrogens (tertiary/aromatic N) is 1. The number of esters is 1. The average molecular weight is 684 g/mol. The Balaban J connectivity index is 1.63. The summed E-state index contributed by atoms with van der Waals surface area (Å²) in [6.45, 7) is 5.19. The fourth-order valence-electron chi connectivity index (χ4n) is 7.00. The van der Waals surface area contributed by atoms with Crippen LogP contribution in [0.4, 0.5) is 0 Å². The number of hydrogen-bond donors (Lipinski definition) is 0. The summed E-state index contributed by atoms with van der Waals surface area (Å²) in [6.07, 6.45) is 49.0. The molecule has 0 aromatic carbocycles. The second-order valence-electron chi connectivity index (χ2n) is 14.9. The summed E-state index contributed by atoms with van der Waals surface area (Å²) in [7, 11) is 4.02. The number of carbonyl (C=O) groups is 1. The lowest BCUT2D eigenvalue weighted by atomic mass is 9.98. The summed E-state index contributed by atoms with van der Waals surface area (Å²) >= 11 is 0. The predicted molar refractivity (Wildman–Crippen MR) is 209 cm³/mol. The van der Waals surface area contributed by atoms with Crippen LogP contribution in [-0.2, 0) is 19.0 Å². The Morgan fingerprint density at radius 3 is 1.39 bits per heavy atom. The van der Waals surface area contributed by atoms with Gasteiger partial charge in [-0.15, -0.1) is 0 Å². The van der Waals surface area contributed by atoms with Gasteiger partial charge in [0.05, 0.1) is 0 Å². The summed E-state index contributed by atoms with van der Waals surface area (Å²) in [6, 6.07) is 0. The summed E-state index contributed by atoms with van der Waals surface area (Å²) in [5.74, 6) is -0.878. The monoisotopic (exact) mass is 684 g/mol. The zero-order valence-electron chi connectivity index (χ0n) is 32.5. The van der Waals surface area contributed by atoms with Crippen LogP contribution in [0.25, 0.3) is 0 Å². The number of unbranched alkanes of at least 4 members (excludes halogenated alkanes) is 18. The van der Waals surface area contributed by atoms with E-state index in [1.165, 1.54) is 128 Å². The van der Waals surface area contributed by atoms with Crippen LogP contribution in [0.3, 0.4) is 0 Å². The van der Waals surface area contributed by atoms with E-state index in [1.807, 2.05) is 14.1 Å². The fraction of sp³-hybridized carbons (Fsp3) is 0.795. The summed E-state index contributed by atoms with van der Waals surface area (Å²) in [4.78, 5) is 14.8. The third-order valence-corrected chi connectivity index (χ3v) is 9.92. The molecule has 5 nitrogen and oxygen atoms in total. The number of ether oxygens (including phenoxy) is 3. The first-order chi connectivity index (χ1) is 24.0. The van der Waals surface area contributed by atoms with E-state index in [4.69, 9.17) is 14.2 Å². The number of allylic oxidation sites excluding steroid dienone is 8. The molecule has 0 aliphatic carbocycles. The standard InChI is InChI=1S/C44H77NO4/c1-5-7-9-11-13-15-17-19-21-23-25-27-29-31-33-35-37-44(48-41-40(39-45(3)4)47-43(46)42(41)49-44)38-36-34-32-30-28-26-24-22-20-18-16-14-12-10-8-6-2/h13-16,19-22,40-42H,5-12,17-18,23-39H2,1-4H3/b15-13-,16-14-,21-19-,22-20-/t40-,41+,42?/m1/s1. The zero-order valence-corrected chi connectivity index (χ0v) is 32.5. The lowest BCUT2D eigenvalue weighted by Crippen LogP contribution is -2.38. The maximum absolute atomic E-state index is 12.7. The van der Waals surface area contributed by atoms with Crippen LogP contribution in [0, 0.1) is 0 Å². The molecule has 0 aromatic rings. The Bertz CT molecular complexity index is 874. The lowest BCUT2D eigenvalue weighted by molar-refractivity contribution is -0.211. The van der Waals surface area contributed by atoms with Gasteiger partial charge in [0.15, 0.2) is 11.9 Å². The minimum absolute atomic E-state index is 0.243. The molecule has 49 heavy (non-hydrogen) atoms. The van der Waals surface area contributed by atoms with E-state index < -0.39 is 11.9 Å². The molecule has 0 radical (unpaired) electrons. The molecule has 2 heterocycles. The number of hydrogen-bond acceptors (Lipinski definition) is 5. The van der Waals surface area contributed by atoms with E-state index in [1.54, 1.807) is 0 Å². The SMILES string of the molecule is CCCCC/C=C\C/C=C\CCCCCCCCC1(CCCCCCCC/C=C\C/C=C\CCCCC)OC2C(=O)O[C@H](CN(C)C)[C@@H]2O1. The molecule has 0 spiro atoms. The second kappa shape index (κ2) is 28.9. The van der Waals surface area contributed by atoms with Crippen molar-refractivity contribution in [3.63, 3.8) is 0 Å². The van der Waals surface area contributed by atoms with E-state index in [0.29, 0.717) is 6.54 Å². The highest BCUT2D eigenvalue weighted by atomic mass is 16.8. The molecule has 0 N–H and O–H groups in total. The van der Waals surface area contributed by atoms with E-state index in [-0.39, 0.29) is 18.2 Å². The van der Waals surface area contributed by atoms with Gasteiger partial charge in [-0.2, -0.15) is 0 Å². The molecule has 2 fully saturated rings. The van der Waals surface area contributed by atoms with Crippen molar-refractivity contribution < 1.29 is 19.0 Å². The zero-order chi connectivity index (χ0) is 35.3. The first-order valence-corrected chi connectivity index (χ1v) is 20.8. The van der Waals surface area contributed by atoms with E-state index in [2.05, 4.69) is 67.4 Å². The van der Waals surface area contributed by atoms with Crippen molar-refractivity contribution >= 4 is 5.97 Å². The van der Waals surface area contributed by atoms with Crippen LogP contribution in [-0.4, -0.2) is 55.6 Å². The molecule has 0 saturated carbocycles. The number of likely N-dealkylation sites (N-methyl/N-ethyl adjacent to an activating group) is 1. The Kier molecular flexibility index (Phi) is 25.7. The maximum atomic E-state index is 12.7. The minimum atomic E-state index is -0.635. The van der Waals surface area contributed by atoms with Gasteiger partial charge in [0, 0.05) is 19.4 Å². The van der Waals surface area contributed by atoms with Crippen LogP contribution >= 0.6 is 0 Å². The molecule has 2 aliphatic rings. The maximum Gasteiger partial charge on any atom is 0.338 e. The number of fused-ring (bicyclic) bond motifs is 1. The summed E-state index contributed by atoms with van der Waals surface area (Å²) in [5.41, 5.74) is 0. The summed E-state index contributed by atoms with van der Waals surface area (Å²) < 4.78 is 18.8. The van der Waals surface area contributed by atoms with Gasteiger partial charge < -0.3 is 19.1 Å². The van der Waals surface area contributed by atoms with E-state index in [0.717, 1.165) is 38.5 Å². The first kappa shape index (κ1) is 43.5. The molecule has 5 heteroatoms. The molecule has 2 rings (SSSR count). The fourth-order valence-corrected chi connectivity index (χ4v) is 7.00. The largest absolute Gasteiger partial charge is 0.456 e. The second-order valence-corrected chi connectivity index (χ2v) is 14.9. The number of cyclic esters (lactones) is 1. The van der Waals surface area contributed by atoms with Gasteiger partial charge in [0.2, 0.25) is 0 Å². The molecular formula is C44H77NO4. The van der Waals surface area contributed by atoms with E-state index in [9.17, 15) is 4.79 Å². The van der Waals surface area contributed by atoms with Gasteiger partial charge in [-0.05, 0) is 91.1 Å². The number of rotatable bonds is 32. The van der Waals surface area contributed by atoms with Crippen molar-refractivity contribution in [2.75, 3.05) is 20.6 Å². The van der Waals surface area contributed by atoms with Gasteiger partial charge in [0.1, 0.15) is 12.2 Å².